The fourth-order valence-corrected chi connectivity index (χ4v) is 1.92. The van der Waals surface area contributed by atoms with Gasteiger partial charge in [0.25, 0.3) is 0 Å². The Morgan fingerprint density at radius 3 is 2.71 bits per heavy atom. The van der Waals surface area contributed by atoms with Crippen LogP contribution in [0.15, 0.2) is 42.5 Å². The highest BCUT2D eigenvalue weighted by molar-refractivity contribution is 5.46. The summed E-state index contributed by atoms with van der Waals surface area (Å²) >= 11 is 0. The van der Waals surface area contributed by atoms with Gasteiger partial charge in [-0.25, -0.2) is 0 Å². The number of hydrogen-bond donors (Lipinski definition) is 1. The third kappa shape index (κ3) is 3.86. The highest BCUT2D eigenvalue weighted by Gasteiger charge is 2.04. The minimum Gasteiger partial charge on any atom is -0.488 e. The van der Waals surface area contributed by atoms with Crippen LogP contribution in [0.5, 0.6) is 5.75 Å². The first-order valence-corrected chi connectivity index (χ1v) is 6.65. The maximum Gasteiger partial charge on any atom is 0.135 e. The number of benzene rings is 2. The van der Waals surface area contributed by atoms with Gasteiger partial charge in [-0.1, -0.05) is 30.0 Å². The van der Waals surface area contributed by atoms with Crippen molar-refractivity contribution >= 4 is 0 Å². The summed E-state index contributed by atoms with van der Waals surface area (Å²) < 4.78 is 5.85. The van der Waals surface area contributed by atoms with E-state index in [0.717, 1.165) is 22.4 Å². The van der Waals surface area contributed by atoms with Crippen molar-refractivity contribution in [3.05, 3.63) is 64.7 Å². The molecule has 2 N–H and O–H groups in total. The van der Waals surface area contributed by atoms with Crippen molar-refractivity contribution < 1.29 is 4.74 Å². The molecule has 0 radical (unpaired) electrons. The van der Waals surface area contributed by atoms with Crippen LogP contribution in [0.1, 0.15) is 22.3 Å². The SMILES string of the molecule is Cc1cc(C#N)ccc1COc1ccccc1C#CCN. The third-order valence-corrected chi connectivity index (χ3v) is 3.07. The van der Waals surface area contributed by atoms with Crippen LogP contribution < -0.4 is 10.5 Å². The minimum absolute atomic E-state index is 0.322. The number of hydrogen-bond acceptors (Lipinski definition) is 3. The van der Waals surface area contributed by atoms with Crippen molar-refractivity contribution in [1.82, 2.24) is 0 Å². The van der Waals surface area contributed by atoms with E-state index in [1.165, 1.54) is 0 Å². The average Bonchev–Trinajstić information content (AvgIpc) is 2.52. The molecule has 0 aliphatic rings. The lowest BCUT2D eigenvalue weighted by Crippen LogP contribution is -2.00. The lowest BCUT2D eigenvalue weighted by Gasteiger charge is -2.10. The molecular formula is C18H16N2O. The largest absolute Gasteiger partial charge is 0.488 e. The summed E-state index contributed by atoms with van der Waals surface area (Å²) in [6.07, 6.45) is 0. The van der Waals surface area contributed by atoms with E-state index in [9.17, 15) is 0 Å². The van der Waals surface area contributed by atoms with Crippen LogP contribution in [0.3, 0.4) is 0 Å². The van der Waals surface area contributed by atoms with Gasteiger partial charge in [-0.3, -0.25) is 0 Å². The quantitative estimate of drug-likeness (QED) is 0.877. The fraction of sp³-hybridized carbons (Fsp3) is 0.167. The fourth-order valence-electron chi connectivity index (χ4n) is 1.92. The van der Waals surface area contributed by atoms with Gasteiger partial charge < -0.3 is 10.5 Å². The van der Waals surface area contributed by atoms with Crippen LogP contribution in [0, 0.1) is 30.1 Å². The van der Waals surface area contributed by atoms with Crippen LogP contribution in [-0.2, 0) is 6.61 Å². The standard InChI is InChI=1S/C18H16N2O/c1-14-11-15(12-20)8-9-17(14)13-21-18-7-3-2-5-16(18)6-4-10-19/h2-3,5,7-9,11H,10,13,19H2,1H3. The van der Waals surface area contributed by atoms with Gasteiger partial charge >= 0.3 is 0 Å². The Morgan fingerprint density at radius 1 is 1.19 bits per heavy atom. The smallest absolute Gasteiger partial charge is 0.135 e. The van der Waals surface area contributed by atoms with E-state index < -0.39 is 0 Å². The Labute approximate surface area is 125 Å². The summed E-state index contributed by atoms with van der Waals surface area (Å²) in [4.78, 5) is 0. The van der Waals surface area contributed by atoms with Crippen molar-refractivity contribution in [3.63, 3.8) is 0 Å². The number of nitriles is 1. The van der Waals surface area contributed by atoms with Crippen molar-refractivity contribution in [1.29, 1.82) is 5.26 Å². The van der Waals surface area contributed by atoms with Gasteiger partial charge in [-0.15, -0.1) is 0 Å². The zero-order valence-electron chi connectivity index (χ0n) is 11.9. The average molecular weight is 276 g/mol. The second-order valence-electron chi connectivity index (χ2n) is 4.54. The molecule has 0 heterocycles. The van der Waals surface area contributed by atoms with Crippen LogP contribution >= 0.6 is 0 Å². The van der Waals surface area contributed by atoms with E-state index in [1.54, 1.807) is 6.07 Å². The zero-order chi connectivity index (χ0) is 15.1. The van der Waals surface area contributed by atoms with Gasteiger partial charge in [0.1, 0.15) is 12.4 Å². The maximum atomic E-state index is 8.87. The van der Waals surface area contributed by atoms with Crippen molar-refractivity contribution in [2.24, 2.45) is 5.73 Å². The molecule has 0 bridgehead atoms. The van der Waals surface area contributed by atoms with Crippen LogP contribution in [0.2, 0.25) is 0 Å². The molecule has 0 atom stereocenters. The Kier molecular flexibility index (Phi) is 4.99. The number of nitrogens with zero attached hydrogens (tertiary/aromatic N) is 1. The number of rotatable bonds is 3. The monoisotopic (exact) mass is 276 g/mol. The molecule has 2 aromatic rings. The molecule has 21 heavy (non-hydrogen) atoms. The summed E-state index contributed by atoms with van der Waals surface area (Å²) in [6.45, 7) is 2.74. The topological polar surface area (TPSA) is 59.0 Å². The molecule has 3 heteroatoms. The maximum absolute atomic E-state index is 8.87. The first-order chi connectivity index (χ1) is 10.2. The number of para-hydroxylation sites is 1. The molecule has 0 amide bonds. The third-order valence-electron chi connectivity index (χ3n) is 3.07. The Morgan fingerprint density at radius 2 is 2.00 bits per heavy atom. The molecule has 0 fully saturated rings. The lowest BCUT2D eigenvalue weighted by molar-refractivity contribution is 0.304. The molecule has 0 saturated carbocycles. The highest BCUT2D eigenvalue weighted by Crippen LogP contribution is 2.19. The van der Waals surface area contributed by atoms with Gasteiger partial charge in [0.2, 0.25) is 0 Å². The van der Waals surface area contributed by atoms with Gasteiger partial charge in [-0.2, -0.15) is 5.26 Å². The van der Waals surface area contributed by atoms with Crippen molar-refractivity contribution in [3.8, 4) is 23.7 Å². The van der Waals surface area contributed by atoms with Gasteiger partial charge in [-0.05, 0) is 42.3 Å². The molecule has 0 aliphatic heterocycles. The second kappa shape index (κ2) is 7.14. The Hall–Kier alpha value is -2.75. The number of aryl methyl sites for hydroxylation is 1. The first kappa shape index (κ1) is 14.7. The van der Waals surface area contributed by atoms with E-state index in [0.29, 0.717) is 18.7 Å². The first-order valence-electron chi connectivity index (χ1n) is 6.65. The van der Waals surface area contributed by atoms with Gasteiger partial charge in [0.15, 0.2) is 0 Å². The van der Waals surface area contributed by atoms with Gasteiger partial charge in [0, 0.05) is 0 Å². The van der Waals surface area contributed by atoms with E-state index in [-0.39, 0.29) is 0 Å². The minimum atomic E-state index is 0.322. The predicted octanol–water partition coefficient (Wildman–Crippen LogP) is 2.76. The molecule has 2 aromatic carbocycles. The van der Waals surface area contributed by atoms with Crippen LogP contribution in [0.4, 0.5) is 0 Å². The Balaban J connectivity index is 2.15. The highest BCUT2D eigenvalue weighted by atomic mass is 16.5. The second-order valence-corrected chi connectivity index (χ2v) is 4.54. The summed E-state index contributed by atoms with van der Waals surface area (Å²) in [5, 5.41) is 8.87. The molecule has 2 rings (SSSR count). The summed E-state index contributed by atoms with van der Waals surface area (Å²) in [5.74, 6) is 6.57. The lowest BCUT2D eigenvalue weighted by atomic mass is 10.1. The zero-order valence-corrected chi connectivity index (χ0v) is 11.9. The normalized spacial score (nSPS) is 9.38. The van der Waals surface area contributed by atoms with E-state index in [4.69, 9.17) is 15.7 Å². The number of ether oxygens (including phenoxy) is 1. The van der Waals surface area contributed by atoms with Crippen LogP contribution in [0.25, 0.3) is 0 Å². The molecular weight excluding hydrogens is 260 g/mol. The molecule has 0 spiro atoms. The van der Waals surface area contributed by atoms with Crippen LogP contribution in [-0.4, -0.2) is 6.54 Å². The summed E-state index contributed by atoms with van der Waals surface area (Å²) in [7, 11) is 0. The molecule has 104 valence electrons. The summed E-state index contributed by atoms with van der Waals surface area (Å²) in [6, 6.07) is 15.3. The molecule has 0 saturated heterocycles. The molecule has 0 aromatic heterocycles. The molecule has 0 aliphatic carbocycles. The number of nitrogens with two attached hydrogens (primary N) is 1. The van der Waals surface area contributed by atoms with E-state index >= 15 is 0 Å². The van der Waals surface area contributed by atoms with Crippen molar-refractivity contribution in [2.45, 2.75) is 13.5 Å². The Bertz CT molecular complexity index is 733. The summed E-state index contributed by atoms with van der Waals surface area (Å²) in [5.41, 5.74) is 8.98. The van der Waals surface area contributed by atoms with E-state index in [2.05, 4.69) is 17.9 Å². The molecule has 0 unspecified atom stereocenters. The predicted molar refractivity (Wildman–Crippen MR) is 82.6 cm³/mol. The van der Waals surface area contributed by atoms with Gasteiger partial charge in [0.05, 0.1) is 23.7 Å². The van der Waals surface area contributed by atoms with Crippen molar-refractivity contribution in [2.75, 3.05) is 6.54 Å². The molecule has 3 nitrogen and oxygen atoms in total. The van der Waals surface area contributed by atoms with E-state index in [1.807, 2.05) is 43.3 Å².